The van der Waals surface area contributed by atoms with Crippen LogP contribution in [0.5, 0.6) is 0 Å². The molecule has 0 spiro atoms. The van der Waals surface area contributed by atoms with Gasteiger partial charge in [-0.1, -0.05) is 23.2 Å². The van der Waals surface area contributed by atoms with Crippen molar-refractivity contribution in [3.63, 3.8) is 0 Å². The van der Waals surface area contributed by atoms with E-state index in [9.17, 15) is 9.90 Å². The van der Waals surface area contributed by atoms with E-state index in [1.165, 1.54) is 12.3 Å². The van der Waals surface area contributed by atoms with Gasteiger partial charge in [0.1, 0.15) is 5.15 Å². The van der Waals surface area contributed by atoms with Gasteiger partial charge in [-0.15, -0.1) is 0 Å². The van der Waals surface area contributed by atoms with Gasteiger partial charge < -0.3 is 10.0 Å². The summed E-state index contributed by atoms with van der Waals surface area (Å²) < 4.78 is 0. The van der Waals surface area contributed by atoms with Crippen molar-refractivity contribution in [1.82, 2.24) is 9.88 Å². The van der Waals surface area contributed by atoms with Crippen LogP contribution >= 0.6 is 23.2 Å². The summed E-state index contributed by atoms with van der Waals surface area (Å²) in [5, 5.41) is 9.71. The molecule has 1 aromatic heterocycles. The average molecular weight is 275 g/mol. The molecule has 1 aromatic rings. The number of carbonyl (C=O) groups is 1. The van der Waals surface area contributed by atoms with Crippen LogP contribution in [-0.2, 0) is 0 Å². The van der Waals surface area contributed by atoms with Crippen molar-refractivity contribution in [2.45, 2.75) is 18.9 Å². The quantitative estimate of drug-likeness (QED) is 0.840. The number of amides is 1. The molecule has 0 aliphatic carbocycles. The zero-order valence-corrected chi connectivity index (χ0v) is 10.6. The number of aromatic nitrogens is 1. The van der Waals surface area contributed by atoms with Gasteiger partial charge in [0.2, 0.25) is 0 Å². The number of aliphatic hydroxyl groups excluding tert-OH is 1. The fourth-order valence-electron chi connectivity index (χ4n) is 2.02. The molecule has 4 nitrogen and oxygen atoms in total. The minimum absolute atomic E-state index is 0.0256. The topological polar surface area (TPSA) is 53.4 Å². The molecule has 1 atom stereocenters. The van der Waals surface area contributed by atoms with Crippen molar-refractivity contribution in [2.24, 2.45) is 0 Å². The van der Waals surface area contributed by atoms with Crippen molar-refractivity contribution in [3.05, 3.63) is 28.0 Å². The molecule has 0 unspecified atom stereocenters. The van der Waals surface area contributed by atoms with Gasteiger partial charge in [-0.2, -0.15) is 0 Å². The van der Waals surface area contributed by atoms with E-state index >= 15 is 0 Å². The Morgan fingerprint density at radius 3 is 3.06 bits per heavy atom. The molecule has 6 heteroatoms. The first-order chi connectivity index (χ1) is 8.13. The summed E-state index contributed by atoms with van der Waals surface area (Å²) >= 11 is 11.7. The van der Waals surface area contributed by atoms with Crippen LogP contribution in [0.25, 0.3) is 0 Å². The number of hydrogen-bond donors (Lipinski definition) is 1. The first-order valence-corrected chi connectivity index (χ1v) is 6.12. The highest BCUT2D eigenvalue weighted by Gasteiger charge is 2.29. The zero-order valence-electron chi connectivity index (χ0n) is 9.07. The highest BCUT2D eigenvalue weighted by molar-refractivity contribution is 6.35. The maximum Gasteiger partial charge on any atom is 0.255 e. The minimum atomic E-state index is -0.198. The van der Waals surface area contributed by atoms with Crippen molar-refractivity contribution in [3.8, 4) is 0 Å². The molecule has 1 aliphatic rings. The molecule has 0 bridgehead atoms. The Bertz CT molecular complexity index is 439. The third kappa shape index (κ3) is 2.54. The standard InChI is InChI=1S/C11H12Cl2N2O2/c12-9-5-14-10(13)4-8(9)11(17)15-3-1-2-7(15)6-16/h4-5,7,16H,1-3,6H2/t7-/m0/s1. The molecule has 1 aliphatic heterocycles. The molecule has 92 valence electrons. The molecule has 1 N–H and O–H groups in total. The van der Waals surface area contributed by atoms with Gasteiger partial charge in [-0.05, 0) is 18.9 Å². The van der Waals surface area contributed by atoms with Gasteiger partial charge in [0.15, 0.2) is 0 Å². The van der Waals surface area contributed by atoms with Gasteiger partial charge in [-0.25, -0.2) is 4.98 Å². The Morgan fingerprint density at radius 1 is 1.59 bits per heavy atom. The van der Waals surface area contributed by atoms with Crippen LogP contribution in [0.4, 0.5) is 0 Å². The number of halogens is 2. The number of hydrogen-bond acceptors (Lipinski definition) is 3. The first kappa shape index (κ1) is 12.6. The lowest BCUT2D eigenvalue weighted by molar-refractivity contribution is 0.0677. The summed E-state index contributed by atoms with van der Waals surface area (Å²) in [6, 6.07) is 1.34. The van der Waals surface area contributed by atoms with E-state index in [1.807, 2.05) is 0 Å². The van der Waals surface area contributed by atoms with E-state index in [2.05, 4.69) is 4.98 Å². The fourth-order valence-corrected chi connectivity index (χ4v) is 2.37. The summed E-state index contributed by atoms with van der Waals surface area (Å²) in [6.45, 7) is 0.614. The van der Waals surface area contributed by atoms with Gasteiger partial charge in [0.25, 0.3) is 5.91 Å². The van der Waals surface area contributed by atoms with Crippen LogP contribution in [0.15, 0.2) is 12.3 Å². The summed E-state index contributed by atoms with van der Waals surface area (Å²) in [6.07, 6.45) is 3.08. The second kappa shape index (κ2) is 5.21. The number of aliphatic hydroxyl groups is 1. The van der Waals surface area contributed by atoms with E-state index in [-0.39, 0.29) is 28.7 Å². The fraction of sp³-hybridized carbons (Fsp3) is 0.455. The normalized spacial score (nSPS) is 19.7. The average Bonchev–Trinajstić information content (AvgIpc) is 2.79. The van der Waals surface area contributed by atoms with Gasteiger partial charge in [0.05, 0.1) is 23.2 Å². The molecule has 2 heterocycles. The zero-order chi connectivity index (χ0) is 12.4. The third-order valence-electron chi connectivity index (χ3n) is 2.90. The highest BCUT2D eigenvalue weighted by atomic mass is 35.5. The van der Waals surface area contributed by atoms with E-state index in [0.717, 1.165) is 12.8 Å². The predicted octanol–water partition coefficient (Wildman–Crippen LogP) is 1.99. The van der Waals surface area contributed by atoms with Crippen molar-refractivity contribution >= 4 is 29.1 Å². The van der Waals surface area contributed by atoms with Gasteiger partial charge in [-0.3, -0.25) is 4.79 Å². The van der Waals surface area contributed by atoms with Crippen molar-refractivity contribution in [2.75, 3.05) is 13.2 Å². The number of rotatable bonds is 2. The van der Waals surface area contributed by atoms with Crippen molar-refractivity contribution in [1.29, 1.82) is 0 Å². The largest absolute Gasteiger partial charge is 0.394 e. The van der Waals surface area contributed by atoms with Gasteiger partial charge in [0, 0.05) is 12.7 Å². The summed E-state index contributed by atoms with van der Waals surface area (Å²) in [5.74, 6) is -0.198. The maximum absolute atomic E-state index is 12.2. The van der Waals surface area contributed by atoms with Crippen LogP contribution in [-0.4, -0.2) is 40.1 Å². The highest BCUT2D eigenvalue weighted by Crippen LogP contribution is 2.24. The number of carbonyl (C=O) groups excluding carboxylic acids is 1. The lowest BCUT2D eigenvalue weighted by atomic mass is 10.2. The van der Waals surface area contributed by atoms with Crippen LogP contribution in [0.3, 0.4) is 0 Å². The molecule has 0 aromatic carbocycles. The molecule has 1 saturated heterocycles. The second-order valence-electron chi connectivity index (χ2n) is 3.96. The van der Waals surface area contributed by atoms with E-state index < -0.39 is 0 Å². The minimum Gasteiger partial charge on any atom is -0.394 e. The van der Waals surface area contributed by atoms with Crippen LogP contribution in [0, 0.1) is 0 Å². The predicted molar refractivity (Wildman–Crippen MR) is 65.4 cm³/mol. The lowest BCUT2D eigenvalue weighted by Gasteiger charge is -2.23. The molecule has 1 amide bonds. The molecule has 2 rings (SSSR count). The Labute approximate surface area is 109 Å². The number of nitrogens with zero attached hydrogens (tertiary/aromatic N) is 2. The summed E-state index contributed by atoms with van der Waals surface area (Å²) in [4.78, 5) is 17.7. The summed E-state index contributed by atoms with van der Waals surface area (Å²) in [7, 11) is 0. The number of pyridine rings is 1. The Hall–Kier alpha value is -0.840. The van der Waals surface area contributed by atoms with E-state index in [1.54, 1.807) is 4.90 Å². The Balaban J connectivity index is 2.27. The monoisotopic (exact) mass is 274 g/mol. The van der Waals surface area contributed by atoms with Crippen LogP contribution in [0.2, 0.25) is 10.2 Å². The molecule has 17 heavy (non-hydrogen) atoms. The number of likely N-dealkylation sites (tertiary alicyclic amines) is 1. The molecule has 0 radical (unpaired) electrons. The van der Waals surface area contributed by atoms with Crippen LogP contribution in [0.1, 0.15) is 23.2 Å². The molecule has 0 saturated carbocycles. The van der Waals surface area contributed by atoms with Crippen LogP contribution < -0.4 is 0 Å². The van der Waals surface area contributed by atoms with Crippen molar-refractivity contribution < 1.29 is 9.90 Å². The second-order valence-corrected chi connectivity index (χ2v) is 4.76. The van der Waals surface area contributed by atoms with E-state index in [0.29, 0.717) is 12.1 Å². The van der Waals surface area contributed by atoms with Gasteiger partial charge >= 0.3 is 0 Å². The first-order valence-electron chi connectivity index (χ1n) is 5.36. The molecular weight excluding hydrogens is 263 g/mol. The molecule has 1 fully saturated rings. The van der Waals surface area contributed by atoms with E-state index in [4.69, 9.17) is 23.2 Å². The molecular formula is C11H12Cl2N2O2. The lowest BCUT2D eigenvalue weighted by Crippen LogP contribution is -2.37. The maximum atomic E-state index is 12.2. The SMILES string of the molecule is O=C(c1cc(Cl)ncc1Cl)N1CCC[C@H]1CO. The third-order valence-corrected chi connectivity index (χ3v) is 3.41. The smallest absolute Gasteiger partial charge is 0.255 e. The summed E-state index contributed by atoms with van der Waals surface area (Å²) in [5.41, 5.74) is 0.340. The Morgan fingerprint density at radius 2 is 2.35 bits per heavy atom. The Kier molecular flexibility index (Phi) is 3.86.